The van der Waals surface area contributed by atoms with Crippen LogP contribution in [0, 0.1) is 11.7 Å². The average Bonchev–Trinajstić information content (AvgIpc) is 3.45. The topological polar surface area (TPSA) is 88.7 Å². The lowest BCUT2D eigenvalue weighted by atomic mass is 10.0. The zero-order valence-corrected chi connectivity index (χ0v) is 20.3. The molecule has 0 aliphatic carbocycles. The fraction of sp³-hybridized carbons (Fsp3) is 0.240. The van der Waals surface area contributed by atoms with Crippen molar-refractivity contribution >= 4 is 28.9 Å². The summed E-state index contributed by atoms with van der Waals surface area (Å²) in [6.07, 6.45) is 0.807. The van der Waals surface area contributed by atoms with Gasteiger partial charge >= 0.3 is 5.97 Å². The summed E-state index contributed by atoms with van der Waals surface area (Å²) in [6, 6.07) is 13.2. The summed E-state index contributed by atoms with van der Waals surface area (Å²) in [5.74, 6) is -0.311. The molecule has 10 heteroatoms. The number of thiophene rings is 1. The first-order valence-corrected chi connectivity index (χ1v) is 12.2. The van der Waals surface area contributed by atoms with Gasteiger partial charge in [-0.3, -0.25) is 9.69 Å². The minimum Gasteiger partial charge on any atom is -0.481 e. The third kappa shape index (κ3) is 4.93. The third-order valence-corrected chi connectivity index (χ3v) is 7.24. The van der Waals surface area contributed by atoms with Gasteiger partial charge in [0, 0.05) is 30.1 Å². The predicted molar refractivity (Wildman–Crippen MR) is 130 cm³/mol. The molecule has 180 valence electrons. The van der Waals surface area contributed by atoms with Crippen LogP contribution in [0.1, 0.15) is 17.4 Å². The van der Waals surface area contributed by atoms with Crippen molar-refractivity contribution in [1.82, 2.24) is 15.0 Å². The second kappa shape index (κ2) is 9.77. The van der Waals surface area contributed by atoms with E-state index < -0.39 is 11.8 Å². The molecule has 2 aromatic heterocycles. The second-order valence-electron chi connectivity index (χ2n) is 8.25. The lowest BCUT2D eigenvalue weighted by Gasteiger charge is -2.36. The number of aromatic nitrogens is 2. The first kappa shape index (κ1) is 23.5. The van der Waals surface area contributed by atoms with E-state index in [0.717, 1.165) is 21.7 Å². The molecule has 3 heterocycles. The Hall–Kier alpha value is -3.27. The van der Waals surface area contributed by atoms with Crippen LogP contribution in [0.5, 0.6) is 11.5 Å². The van der Waals surface area contributed by atoms with Crippen LogP contribution in [-0.2, 0) is 17.8 Å². The van der Waals surface area contributed by atoms with Crippen LogP contribution in [0.25, 0.3) is 22.2 Å². The van der Waals surface area contributed by atoms with Crippen LogP contribution in [0.2, 0.25) is 5.02 Å². The van der Waals surface area contributed by atoms with Crippen molar-refractivity contribution in [3.05, 3.63) is 69.8 Å². The Bertz CT molecular complexity index is 1380. The summed E-state index contributed by atoms with van der Waals surface area (Å²) in [7, 11) is 0. The molecule has 4 aromatic rings. The fourth-order valence-corrected chi connectivity index (χ4v) is 5.33. The Morgan fingerprint density at radius 2 is 2.06 bits per heavy atom. The Morgan fingerprint density at radius 1 is 1.26 bits per heavy atom. The minimum atomic E-state index is -0.742. The molecule has 0 saturated carbocycles. The van der Waals surface area contributed by atoms with Gasteiger partial charge in [0.05, 0.1) is 15.8 Å². The number of rotatable bonds is 8. The summed E-state index contributed by atoms with van der Waals surface area (Å²) >= 11 is 7.96. The number of hydrogen-bond acceptors (Lipinski definition) is 7. The number of likely N-dealkylation sites (tertiary alicyclic amines) is 1. The van der Waals surface area contributed by atoms with Crippen LogP contribution in [0.4, 0.5) is 4.39 Å². The molecule has 0 radical (unpaired) electrons. The Kier molecular flexibility index (Phi) is 6.55. The molecule has 1 saturated heterocycles. The molecule has 0 atom stereocenters. The summed E-state index contributed by atoms with van der Waals surface area (Å²) in [5.41, 5.74) is 1.73. The number of aliphatic carboxylic acids is 1. The quantitative estimate of drug-likeness (QED) is 0.303. The summed E-state index contributed by atoms with van der Waals surface area (Å²) in [6.45, 7) is 3.89. The SMILES string of the molecule is CCc1cc(CN2CC(C(=O)O)C2)sc1-c1noc(-c2ccc(Oc3ccccc3F)c(Cl)c2)n1. The fourth-order valence-electron chi connectivity index (χ4n) is 3.89. The molecule has 1 aliphatic heterocycles. The Morgan fingerprint density at radius 3 is 2.77 bits per heavy atom. The van der Waals surface area contributed by atoms with Gasteiger partial charge in [-0.05, 0) is 48.4 Å². The molecular formula is C25H21ClFN3O4S. The van der Waals surface area contributed by atoms with Crippen molar-refractivity contribution in [2.45, 2.75) is 19.9 Å². The lowest BCUT2D eigenvalue weighted by Crippen LogP contribution is -2.49. The molecule has 1 N–H and O–H groups in total. The molecule has 0 amide bonds. The molecule has 5 rings (SSSR count). The molecule has 7 nitrogen and oxygen atoms in total. The van der Waals surface area contributed by atoms with Crippen LogP contribution in [0.3, 0.4) is 0 Å². The number of carbonyl (C=O) groups is 1. The molecule has 0 unspecified atom stereocenters. The first-order chi connectivity index (χ1) is 16.9. The maximum atomic E-state index is 13.9. The van der Waals surface area contributed by atoms with Gasteiger partial charge in [-0.15, -0.1) is 11.3 Å². The highest BCUT2D eigenvalue weighted by Gasteiger charge is 2.32. The van der Waals surface area contributed by atoms with Crippen molar-refractivity contribution in [2.24, 2.45) is 5.92 Å². The normalized spacial score (nSPS) is 14.1. The van der Waals surface area contributed by atoms with E-state index in [-0.39, 0.29) is 16.7 Å². The molecular weight excluding hydrogens is 493 g/mol. The Balaban J connectivity index is 1.33. The van der Waals surface area contributed by atoms with E-state index in [4.69, 9.17) is 26.0 Å². The monoisotopic (exact) mass is 513 g/mol. The van der Waals surface area contributed by atoms with Crippen molar-refractivity contribution in [1.29, 1.82) is 0 Å². The average molecular weight is 514 g/mol. The second-order valence-corrected chi connectivity index (χ2v) is 9.79. The summed E-state index contributed by atoms with van der Waals surface area (Å²) < 4.78 is 25.0. The lowest BCUT2D eigenvalue weighted by molar-refractivity contribution is -0.147. The van der Waals surface area contributed by atoms with Gasteiger partial charge < -0.3 is 14.4 Å². The van der Waals surface area contributed by atoms with Gasteiger partial charge in [0.15, 0.2) is 11.6 Å². The number of carboxylic acids is 1. The van der Waals surface area contributed by atoms with Crippen molar-refractivity contribution in [2.75, 3.05) is 13.1 Å². The van der Waals surface area contributed by atoms with Crippen molar-refractivity contribution < 1.29 is 23.6 Å². The van der Waals surface area contributed by atoms with Crippen LogP contribution >= 0.6 is 22.9 Å². The zero-order chi connectivity index (χ0) is 24.5. The molecule has 0 bridgehead atoms. The van der Waals surface area contributed by atoms with Gasteiger partial charge in [-0.1, -0.05) is 35.8 Å². The summed E-state index contributed by atoms with van der Waals surface area (Å²) in [4.78, 5) is 19.8. The van der Waals surface area contributed by atoms with E-state index in [1.165, 1.54) is 12.1 Å². The van der Waals surface area contributed by atoms with Gasteiger partial charge in [0.2, 0.25) is 5.82 Å². The van der Waals surface area contributed by atoms with Gasteiger partial charge in [-0.2, -0.15) is 4.98 Å². The highest BCUT2D eigenvalue weighted by Crippen LogP contribution is 2.37. The molecule has 35 heavy (non-hydrogen) atoms. The smallest absolute Gasteiger partial charge is 0.309 e. The van der Waals surface area contributed by atoms with E-state index >= 15 is 0 Å². The highest BCUT2D eigenvalue weighted by molar-refractivity contribution is 7.15. The zero-order valence-electron chi connectivity index (χ0n) is 18.7. The van der Waals surface area contributed by atoms with Gasteiger partial charge in [-0.25, -0.2) is 4.39 Å². The van der Waals surface area contributed by atoms with Crippen LogP contribution in [-0.4, -0.2) is 39.2 Å². The Labute approximate surface area is 209 Å². The van der Waals surface area contributed by atoms with Crippen LogP contribution in [0.15, 0.2) is 53.1 Å². The van der Waals surface area contributed by atoms with E-state index in [9.17, 15) is 9.18 Å². The first-order valence-electron chi connectivity index (χ1n) is 11.0. The number of para-hydroxylation sites is 1. The van der Waals surface area contributed by atoms with E-state index in [2.05, 4.69) is 28.0 Å². The molecule has 0 spiro atoms. The van der Waals surface area contributed by atoms with Crippen LogP contribution < -0.4 is 4.74 Å². The predicted octanol–water partition coefficient (Wildman–Crippen LogP) is 6.13. The highest BCUT2D eigenvalue weighted by atomic mass is 35.5. The van der Waals surface area contributed by atoms with Gasteiger partial charge in [0.1, 0.15) is 5.75 Å². The van der Waals surface area contributed by atoms with E-state index in [0.29, 0.717) is 42.7 Å². The standard InChI is InChI=1S/C25H21ClFN3O4S/c1-2-14-9-17(13-30-11-16(12-30)25(31)32)35-22(14)23-28-24(34-29-23)15-7-8-20(18(26)10-15)33-21-6-4-3-5-19(21)27/h3-10,16H,2,11-13H2,1H3,(H,31,32). The number of benzene rings is 2. The molecule has 2 aromatic carbocycles. The minimum absolute atomic E-state index is 0.0829. The number of hydrogen-bond donors (Lipinski definition) is 1. The number of ether oxygens (including phenoxy) is 1. The van der Waals surface area contributed by atoms with E-state index in [1.54, 1.807) is 41.7 Å². The third-order valence-electron chi connectivity index (χ3n) is 5.79. The molecule has 1 aliphatic rings. The van der Waals surface area contributed by atoms with Crippen molar-refractivity contribution in [3.8, 4) is 33.7 Å². The van der Waals surface area contributed by atoms with Crippen molar-refractivity contribution in [3.63, 3.8) is 0 Å². The number of nitrogens with zero attached hydrogens (tertiary/aromatic N) is 3. The molecule has 1 fully saturated rings. The van der Waals surface area contributed by atoms with E-state index in [1.807, 2.05) is 0 Å². The maximum Gasteiger partial charge on any atom is 0.309 e. The number of carboxylic acid groups (broad SMARTS) is 1. The number of aryl methyl sites for hydroxylation is 1. The largest absolute Gasteiger partial charge is 0.481 e. The number of halogens is 2. The summed E-state index contributed by atoms with van der Waals surface area (Å²) in [5, 5.41) is 13.5. The van der Waals surface area contributed by atoms with Gasteiger partial charge in [0.25, 0.3) is 5.89 Å². The maximum absolute atomic E-state index is 13.9.